The molecule has 3 heterocycles. The molecule has 39 heavy (non-hydrogen) atoms. The SMILES string of the molecule is COc1c(C(C)n2nc(C)c3c(N)ncnc32)cc(Cl)c(C)c1C1CN(C(=O)[C@H](C)O)C1.O=C(O)C(F)(F)F. The number of carboxylic acids is 1. The van der Waals surface area contributed by atoms with Gasteiger partial charge in [-0.2, -0.15) is 18.3 Å². The van der Waals surface area contributed by atoms with Crippen LogP contribution >= 0.6 is 11.6 Å². The van der Waals surface area contributed by atoms with Crippen LogP contribution in [0.3, 0.4) is 0 Å². The number of anilines is 1. The first-order valence-electron chi connectivity index (χ1n) is 11.7. The molecule has 212 valence electrons. The number of alkyl halides is 3. The number of nitrogens with two attached hydrogens (primary N) is 1. The average molecular weight is 573 g/mol. The van der Waals surface area contributed by atoms with Crippen LogP contribution in [0.5, 0.6) is 5.75 Å². The molecule has 1 aromatic carbocycles. The lowest BCUT2D eigenvalue weighted by molar-refractivity contribution is -0.192. The molecule has 4 N–H and O–H groups in total. The topological polar surface area (TPSA) is 157 Å². The van der Waals surface area contributed by atoms with Crippen LogP contribution < -0.4 is 10.5 Å². The maximum Gasteiger partial charge on any atom is 0.490 e. The van der Waals surface area contributed by atoms with Gasteiger partial charge in [0.05, 0.1) is 24.2 Å². The highest BCUT2D eigenvalue weighted by atomic mass is 35.5. The Bertz CT molecular complexity index is 1410. The molecule has 2 atom stereocenters. The number of methoxy groups -OCH3 is 1. The molecule has 4 rings (SSSR count). The highest BCUT2D eigenvalue weighted by molar-refractivity contribution is 6.31. The first-order chi connectivity index (χ1) is 18.1. The van der Waals surface area contributed by atoms with Crippen molar-refractivity contribution in [1.29, 1.82) is 0 Å². The molecular weight excluding hydrogens is 545 g/mol. The van der Waals surface area contributed by atoms with E-state index in [2.05, 4.69) is 15.1 Å². The number of aryl methyl sites for hydroxylation is 1. The third-order valence-corrected chi connectivity index (χ3v) is 6.86. The third kappa shape index (κ3) is 5.86. The van der Waals surface area contributed by atoms with Crippen LogP contribution in [0.1, 0.15) is 48.2 Å². The minimum atomic E-state index is -5.08. The van der Waals surface area contributed by atoms with E-state index in [1.54, 1.807) is 16.7 Å². The van der Waals surface area contributed by atoms with Crippen molar-refractivity contribution in [3.8, 4) is 5.75 Å². The molecule has 0 bridgehead atoms. The van der Waals surface area contributed by atoms with Gasteiger partial charge >= 0.3 is 12.1 Å². The first-order valence-corrected chi connectivity index (χ1v) is 12.1. The lowest BCUT2D eigenvalue weighted by atomic mass is 9.85. The molecule has 0 aliphatic carbocycles. The van der Waals surface area contributed by atoms with E-state index in [1.807, 2.05) is 26.8 Å². The fourth-order valence-corrected chi connectivity index (χ4v) is 4.69. The number of likely N-dealkylation sites (tertiary alicyclic amines) is 1. The van der Waals surface area contributed by atoms with Crippen molar-refractivity contribution in [1.82, 2.24) is 24.6 Å². The Kier molecular flexibility index (Phi) is 8.60. The lowest BCUT2D eigenvalue weighted by Crippen LogP contribution is -2.51. The molecule has 1 amide bonds. The van der Waals surface area contributed by atoms with Crippen molar-refractivity contribution in [3.63, 3.8) is 0 Å². The summed E-state index contributed by atoms with van der Waals surface area (Å²) in [6.07, 6.45) is -4.67. The maximum absolute atomic E-state index is 12.1. The molecule has 0 saturated carbocycles. The van der Waals surface area contributed by atoms with E-state index >= 15 is 0 Å². The smallest absolute Gasteiger partial charge is 0.490 e. The van der Waals surface area contributed by atoms with Crippen molar-refractivity contribution >= 4 is 40.3 Å². The largest absolute Gasteiger partial charge is 0.496 e. The molecule has 2 aromatic heterocycles. The van der Waals surface area contributed by atoms with E-state index in [4.69, 9.17) is 32.0 Å². The number of halogens is 4. The Morgan fingerprint density at radius 3 is 2.33 bits per heavy atom. The second kappa shape index (κ2) is 11.2. The molecule has 11 nitrogen and oxygen atoms in total. The van der Waals surface area contributed by atoms with Gasteiger partial charge in [0.25, 0.3) is 5.91 Å². The summed E-state index contributed by atoms with van der Waals surface area (Å²) in [7, 11) is 1.63. The number of nitrogens with zero attached hydrogens (tertiary/aromatic N) is 5. The molecule has 1 unspecified atom stereocenters. The normalized spacial score (nSPS) is 15.3. The number of ether oxygens (including phenoxy) is 1. The molecule has 1 fully saturated rings. The Labute approximate surface area is 226 Å². The van der Waals surface area contributed by atoms with E-state index in [0.717, 1.165) is 33.5 Å². The monoisotopic (exact) mass is 572 g/mol. The number of aliphatic hydroxyl groups excluding tert-OH is 1. The highest BCUT2D eigenvalue weighted by Gasteiger charge is 2.39. The van der Waals surface area contributed by atoms with E-state index in [1.165, 1.54) is 13.3 Å². The molecular formula is C24H28ClF3N6O5. The highest BCUT2D eigenvalue weighted by Crippen LogP contribution is 2.44. The van der Waals surface area contributed by atoms with Gasteiger partial charge in [0, 0.05) is 35.2 Å². The summed E-state index contributed by atoms with van der Waals surface area (Å²) in [5.41, 5.74) is 10.2. The Morgan fingerprint density at radius 2 is 1.82 bits per heavy atom. The number of aliphatic hydroxyl groups is 1. The van der Waals surface area contributed by atoms with Gasteiger partial charge in [0.1, 0.15) is 24.0 Å². The third-order valence-electron chi connectivity index (χ3n) is 6.47. The second-order valence-electron chi connectivity index (χ2n) is 9.10. The molecule has 15 heteroatoms. The van der Waals surface area contributed by atoms with Crippen LogP contribution in [-0.2, 0) is 9.59 Å². The minimum absolute atomic E-state index is 0.0615. The number of fused-ring (bicyclic) bond motifs is 1. The number of carbonyl (C=O) groups is 2. The van der Waals surface area contributed by atoms with Gasteiger partial charge in [-0.1, -0.05) is 11.6 Å². The van der Waals surface area contributed by atoms with E-state index in [0.29, 0.717) is 29.6 Å². The molecule has 1 aliphatic rings. The van der Waals surface area contributed by atoms with Crippen molar-refractivity contribution in [3.05, 3.63) is 39.8 Å². The fraction of sp³-hybridized carbons (Fsp3) is 0.458. The summed E-state index contributed by atoms with van der Waals surface area (Å²) in [5.74, 6) is -1.86. The van der Waals surface area contributed by atoms with Crippen LogP contribution in [0.25, 0.3) is 11.0 Å². The van der Waals surface area contributed by atoms with Gasteiger partial charge in [-0.05, 0) is 39.3 Å². The number of aromatic nitrogens is 4. The predicted octanol–water partition coefficient (Wildman–Crippen LogP) is 3.24. The zero-order valence-electron chi connectivity index (χ0n) is 21.7. The van der Waals surface area contributed by atoms with Gasteiger partial charge in [-0.3, -0.25) is 4.79 Å². The number of rotatable bonds is 5. The van der Waals surface area contributed by atoms with Crippen LogP contribution in [0.15, 0.2) is 12.4 Å². The van der Waals surface area contributed by atoms with Crippen molar-refractivity contribution < 1.29 is 37.7 Å². The summed E-state index contributed by atoms with van der Waals surface area (Å²) < 4.78 is 39.4. The number of benzene rings is 1. The lowest BCUT2D eigenvalue weighted by Gasteiger charge is -2.41. The number of nitrogen functional groups attached to an aromatic ring is 1. The summed E-state index contributed by atoms with van der Waals surface area (Å²) in [6.45, 7) is 8.31. The minimum Gasteiger partial charge on any atom is -0.496 e. The van der Waals surface area contributed by atoms with Crippen molar-refractivity contribution in [2.45, 2.75) is 51.9 Å². The number of hydrogen-bond acceptors (Lipinski definition) is 8. The summed E-state index contributed by atoms with van der Waals surface area (Å²) >= 11 is 6.65. The van der Waals surface area contributed by atoms with E-state index < -0.39 is 18.2 Å². The van der Waals surface area contributed by atoms with Crippen molar-refractivity contribution in [2.75, 3.05) is 25.9 Å². The number of carboxylic acid groups (broad SMARTS) is 1. The van der Waals surface area contributed by atoms with E-state index in [-0.39, 0.29) is 17.9 Å². The zero-order valence-corrected chi connectivity index (χ0v) is 22.5. The predicted molar refractivity (Wildman–Crippen MR) is 136 cm³/mol. The summed E-state index contributed by atoms with van der Waals surface area (Å²) in [5, 5.41) is 22.7. The van der Waals surface area contributed by atoms with Crippen LogP contribution in [-0.4, -0.2) is 79.2 Å². The zero-order chi connectivity index (χ0) is 29.4. The van der Waals surface area contributed by atoms with Crippen LogP contribution in [0.2, 0.25) is 5.02 Å². The number of hydrogen-bond donors (Lipinski definition) is 3. The number of amides is 1. The molecule has 0 spiro atoms. The summed E-state index contributed by atoms with van der Waals surface area (Å²) in [6, 6.07) is 1.65. The molecule has 3 aromatic rings. The van der Waals surface area contributed by atoms with Gasteiger partial charge in [-0.25, -0.2) is 19.4 Å². The molecule has 0 radical (unpaired) electrons. The number of carbonyl (C=O) groups excluding carboxylic acids is 1. The van der Waals surface area contributed by atoms with E-state index in [9.17, 15) is 23.1 Å². The Morgan fingerprint density at radius 1 is 1.23 bits per heavy atom. The average Bonchev–Trinajstić information content (AvgIpc) is 3.17. The van der Waals surface area contributed by atoms with Gasteiger partial charge in [0.2, 0.25) is 0 Å². The van der Waals surface area contributed by atoms with Gasteiger partial charge in [0.15, 0.2) is 5.65 Å². The quantitative estimate of drug-likeness (QED) is 0.417. The van der Waals surface area contributed by atoms with Gasteiger partial charge < -0.3 is 25.6 Å². The van der Waals surface area contributed by atoms with Crippen LogP contribution in [0, 0.1) is 13.8 Å². The fourth-order valence-electron chi connectivity index (χ4n) is 4.47. The van der Waals surface area contributed by atoms with Crippen molar-refractivity contribution in [2.24, 2.45) is 0 Å². The van der Waals surface area contributed by atoms with Crippen LogP contribution in [0.4, 0.5) is 19.0 Å². The maximum atomic E-state index is 12.1. The molecule has 1 saturated heterocycles. The number of aliphatic carboxylic acids is 1. The standard InChI is InChI=1S/C22H27ClN6O3.C2HF3O2/c1-10-16(23)6-15(12(3)29-21-18(11(2)27-29)20(24)25-9-26-21)19(32-5)17(10)14-7-28(8-14)22(31)13(4)30;3-2(4,5)1(6)7/h6,9,12-14,30H,7-8H2,1-5H3,(H2,24,25,26);(H,6,7)/t12?,13-;/m0./s1. The molecule has 1 aliphatic heterocycles. The Hall–Kier alpha value is -3.65. The Balaban J connectivity index is 0.000000532. The second-order valence-corrected chi connectivity index (χ2v) is 9.51. The first kappa shape index (κ1) is 29.9. The van der Waals surface area contributed by atoms with Gasteiger partial charge in [-0.15, -0.1) is 0 Å². The summed E-state index contributed by atoms with van der Waals surface area (Å²) in [4.78, 5) is 31.1.